The quantitative estimate of drug-likeness (QED) is 0.875. The minimum Gasteiger partial charge on any atom is -0.344 e. The van der Waals surface area contributed by atoms with Crippen molar-refractivity contribution in [1.29, 1.82) is 0 Å². The Morgan fingerprint density at radius 1 is 1.24 bits per heavy atom. The van der Waals surface area contributed by atoms with Crippen LogP contribution in [0.3, 0.4) is 0 Å². The Labute approximate surface area is 103 Å². The molecule has 0 radical (unpaired) electrons. The van der Waals surface area contributed by atoms with Crippen molar-refractivity contribution < 1.29 is 0 Å². The van der Waals surface area contributed by atoms with Crippen molar-refractivity contribution in [2.24, 2.45) is 5.73 Å². The van der Waals surface area contributed by atoms with Crippen LogP contribution < -0.4 is 5.73 Å². The lowest BCUT2D eigenvalue weighted by molar-refractivity contribution is 0.389. The van der Waals surface area contributed by atoms with E-state index in [1.165, 1.54) is 22.2 Å². The summed E-state index contributed by atoms with van der Waals surface area (Å²) in [5.41, 5.74) is 9.55. The maximum Gasteiger partial charge on any atom is 0.0483 e. The Bertz CT molecular complexity index is 511. The fourth-order valence-electron chi connectivity index (χ4n) is 2.33. The summed E-state index contributed by atoms with van der Waals surface area (Å²) < 4.78 is 2.37. The fraction of sp³-hybridized carbons (Fsp3) is 0.429. The first-order chi connectivity index (χ1) is 8.15. The average molecular weight is 231 g/mol. The van der Waals surface area contributed by atoms with Gasteiger partial charge in [0.1, 0.15) is 0 Å². The average Bonchev–Trinajstić information content (AvgIpc) is 2.63. The van der Waals surface area contributed by atoms with E-state index < -0.39 is 0 Å². The van der Waals surface area contributed by atoms with E-state index in [1.807, 2.05) is 0 Å². The molecule has 0 atom stereocenters. The van der Waals surface area contributed by atoms with Crippen molar-refractivity contribution in [3.8, 4) is 0 Å². The second-order valence-electron chi connectivity index (χ2n) is 4.72. The van der Waals surface area contributed by atoms with Gasteiger partial charge in [0, 0.05) is 36.2 Å². The number of hydrogen-bond donors (Lipinski definition) is 1. The Balaban J connectivity index is 2.53. The molecule has 0 unspecified atom stereocenters. The monoisotopic (exact) mass is 231 g/mol. The van der Waals surface area contributed by atoms with E-state index in [0.717, 1.165) is 13.1 Å². The van der Waals surface area contributed by atoms with E-state index in [1.54, 1.807) is 0 Å². The summed E-state index contributed by atoms with van der Waals surface area (Å²) in [6.45, 7) is 4.78. The van der Waals surface area contributed by atoms with E-state index in [-0.39, 0.29) is 0 Å². The van der Waals surface area contributed by atoms with Gasteiger partial charge in [-0.25, -0.2) is 0 Å². The number of fused-ring (bicyclic) bond motifs is 1. The van der Waals surface area contributed by atoms with Gasteiger partial charge in [-0.1, -0.05) is 6.07 Å². The van der Waals surface area contributed by atoms with Crippen LogP contribution >= 0.6 is 0 Å². The van der Waals surface area contributed by atoms with E-state index in [4.69, 9.17) is 5.73 Å². The summed E-state index contributed by atoms with van der Waals surface area (Å²) >= 11 is 0. The van der Waals surface area contributed by atoms with Gasteiger partial charge in [0.2, 0.25) is 0 Å². The number of nitrogens with zero attached hydrogens (tertiary/aromatic N) is 2. The first kappa shape index (κ1) is 12.1. The zero-order valence-electron chi connectivity index (χ0n) is 10.9. The molecule has 92 valence electrons. The number of nitrogens with two attached hydrogens (primary N) is 1. The highest BCUT2D eigenvalue weighted by molar-refractivity contribution is 5.82. The molecule has 3 nitrogen and oxygen atoms in total. The van der Waals surface area contributed by atoms with Crippen molar-refractivity contribution in [3.05, 3.63) is 35.5 Å². The number of rotatable bonds is 4. The first-order valence-electron chi connectivity index (χ1n) is 6.11. The molecule has 0 amide bonds. The molecule has 17 heavy (non-hydrogen) atoms. The van der Waals surface area contributed by atoms with Gasteiger partial charge < -0.3 is 15.2 Å². The Morgan fingerprint density at radius 2 is 2.00 bits per heavy atom. The highest BCUT2D eigenvalue weighted by atomic mass is 15.1. The summed E-state index contributed by atoms with van der Waals surface area (Å²) in [5.74, 6) is 0. The number of benzene rings is 1. The van der Waals surface area contributed by atoms with Gasteiger partial charge >= 0.3 is 0 Å². The normalized spacial score (nSPS) is 11.6. The third-order valence-electron chi connectivity index (χ3n) is 3.08. The molecule has 2 rings (SSSR count). The van der Waals surface area contributed by atoms with Crippen molar-refractivity contribution in [2.45, 2.75) is 26.6 Å². The van der Waals surface area contributed by atoms with Crippen molar-refractivity contribution in [2.75, 3.05) is 14.1 Å². The van der Waals surface area contributed by atoms with Crippen LogP contribution in [0.5, 0.6) is 0 Å². The predicted molar refractivity (Wildman–Crippen MR) is 72.9 cm³/mol. The summed E-state index contributed by atoms with van der Waals surface area (Å²) in [6, 6.07) is 8.77. The van der Waals surface area contributed by atoms with E-state index >= 15 is 0 Å². The Morgan fingerprint density at radius 3 is 2.59 bits per heavy atom. The van der Waals surface area contributed by atoms with Gasteiger partial charge in [-0.15, -0.1) is 0 Å². The SMILES string of the molecule is CCn1c(CN(C)C)cc2cc(CN)ccc21. The standard InChI is InChI=1S/C14H21N3/c1-4-17-13(10-16(2)3)8-12-7-11(9-15)5-6-14(12)17/h5-8H,4,9-10,15H2,1-3H3. The zero-order chi connectivity index (χ0) is 12.4. The van der Waals surface area contributed by atoms with Crippen LogP contribution in [0.15, 0.2) is 24.3 Å². The Kier molecular flexibility index (Phi) is 3.50. The second kappa shape index (κ2) is 4.90. The molecule has 1 heterocycles. The molecule has 0 aliphatic carbocycles. The maximum absolute atomic E-state index is 5.68. The molecule has 0 aliphatic rings. The molecule has 0 bridgehead atoms. The summed E-state index contributed by atoms with van der Waals surface area (Å²) in [6.07, 6.45) is 0. The molecule has 3 heteroatoms. The molecule has 0 saturated carbocycles. The lowest BCUT2D eigenvalue weighted by Gasteiger charge is -2.12. The minimum absolute atomic E-state index is 0.607. The highest BCUT2D eigenvalue weighted by Crippen LogP contribution is 2.22. The molecule has 0 fully saturated rings. The van der Waals surface area contributed by atoms with Crippen molar-refractivity contribution in [3.63, 3.8) is 0 Å². The van der Waals surface area contributed by atoms with E-state index in [2.05, 4.69) is 54.8 Å². The van der Waals surface area contributed by atoms with Crippen LogP contribution in [-0.4, -0.2) is 23.6 Å². The van der Waals surface area contributed by atoms with Crippen LogP contribution in [0.25, 0.3) is 10.9 Å². The third kappa shape index (κ3) is 2.35. The second-order valence-corrected chi connectivity index (χ2v) is 4.72. The van der Waals surface area contributed by atoms with Gasteiger partial charge in [0.15, 0.2) is 0 Å². The summed E-state index contributed by atoms with van der Waals surface area (Å²) in [7, 11) is 4.20. The van der Waals surface area contributed by atoms with Crippen LogP contribution in [-0.2, 0) is 19.6 Å². The van der Waals surface area contributed by atoms with Gasteiger partial charge in [0.05, 0.1) is 0 Å². The maximum atomic E-state index is 5.68. The molecule has 0 saturated heterocycles. The topological polar surface area (TPSA) is 34.2 Å². The fourth-order valence-corrected chi connectivity index (χ4v) is 2.33. The first-order valence-corrected chi connectivity index (χ1v) is 6.11. The molecule has 2 aromatic rings. The minimum atomic E-state index is 0.607. The molecule has 1 aromatic carbocycles. The number of aryl methyl sites for hydroxylation is 1. The largest absolute Gasteiger partial charge is 0.344 e. The lowest BCUT2D eigenvalue weighted by atomic mass is 10.1. The van der Waals surface area contributed by atoms with E-state index in [9.17, 15) is 0 Å². The smallest absolute Gasteiger partial charge is 0.0483 e. The van der Waals surface area contributed by atoms with Gasteiger partial charge in [-0.05, 0) is 44.8 Å². The van der Waals surface area contributed by atoms with Crippen LogP contribution in [0.2, 0.25) is 0 Å². The van der Waals surface area contributed by atoms with Crippen LogP contribution in [0.4, 0.5) is 0 Å². The van der Waals surface area contributed by atoms with Crippen molar-refractivity contribution >= 4 is 10.9 Å². The molecule has 1 aromatic heterocycles. The molecule has 2 N–H and O–H groups in total. The van der Waals surface area contributed by atoms with Gasteiger partial charge in [0.25, 0.3) is 0 Å². The van der Waals surface area contributed by atoms with E-state index in [0.29, 0.717) is 6.54 Å². The zero-order valence-corrected chi connectivity index (χ0v) is 10.9. The molecule has 0 spiro atoms. The molecule has 0 aliphatic heterocycles. The summed E-state index contributed by atoms with van der Waals surface area (Å²) in [4.78, 5) is 2.20. The van der Waals surface area contributed by atoms with Gasteiger partial charge in [-0.2, -0.15) is 0 Å². The van der Waals surface area contributed by atoms with Crippen LogP contribution in [0.1, 0.15) is 18.2 Å². The number of aromatic nitrogens is 1. The Hall–Kier alpha value is -1.32. The predicted octanol–water partition coefficient (Wildman–Crippen LogP) is 2.18. The summed E-state index contributed by atoms with van der Waals surface area (Å²) in [5, 5.41) is 1.30. The highest BCUT2D eigenvalue weighted by Gasteiger charge is 2.08. The number of hydrogen-bond acceptors (Lipinski definition) is 2. The lowest BCUT2D eigenvalue weighted by Crippen LogP contribution is -2.14. The van der Waals surface area contributed by atoms with Crippen LogP contribution in [0, 0.1) is 0 Å². The van der Waals surface area contributed by atoms with Gasteiger partial charge in [-0.3, -0.25) is 0 Å². The molecular weight excluding hydrogens is 210 g/mol. The third-order valence-corrected chi connectivity index (χ3v) is 3.08. The van der Waals surface area contributed by atoms with Crippen molar-refractivity contribution in [1.82, 2.24) is 9.47 Å². The molecular formula is C14H21N3.